The number of amides is 2. The van der Waals surface area contributed by atoms with Gasteiger partial charge in [0, 0.05) is 19.6 Å². The average Bonchev–Trinajstić information content (AvgIpc) is 2.31. The third kappa shape index (κ3) is 8.68. The molecule has 0 aromatic carbocycles. The van der Waals surface area contributed by atoms with E-state index >= 15 is 0 Å². The van der Waals surface area contributed by atoms with Crippen molar-refractivity contribution in [3.63, 3.8) is 0 Å². The molecule has 0 saturated heterocycles. The average molecular weight is 244 g/mol. The summed E-state index contributed by atoms with van der Waals surface area (Å²) in [6, 6.07) is 0. The molecule has 0 spiro atoms. The van der Waals surface area contributed by atoms with Gasteiger partial charge in [-0.1, -0.05) is 20.8 Å². The van der Waals surface area contributed by atoms with Crippen molar-refractivity contribution in [3.8, 4) is 0 Å². The van der Waals surface area contributed by atoms with Gasteiger partial charge in [0.05, 0.1) is 6.54 Å². The summed E-state index contributed by atoms with van der Waals surface area (Å²) in [5, 5.41) is 14.3. The van der Waals surface area contributed by atoms with Crippen molar-refractivity contribution in [3.05, 3.63) is 0 Å². The number of carbonyl (C=O) groups excluding carboxylic acids is 2. The van der Waals surface area contributed by atoms with Crippen LogP contribution in [0, 0.1) is 5.41 Å². The Kier molecular flexibility index (Phi) is 7.54. The summed E-state index contributed by atoms with van der Waals surface area (Å²) in [7, 11) is 0. The van der Waals surface area contributed by atoms with Crippen LogP contribution in [-0.4, -0.2) is 36.6 Å². The zero-order chi connectivity index (χ0) is 13.3. The minimum absolute atomic E-state index is 0.0378. The topological polar surface area (TPSA) is 78.4 Å². The van der Waals surface area contributed by atoms with Crippen molar-refractivity contribution in [2.75, 3.05) is 19.7 Å². The Hall–Kier alpha value is -1.10. The lowest BCUT2D eigenvalue weighted by Crippen LogP contribution is -2.37. The number of hydrogen-bond donors (Lipinski definition) is 3. The van der Waals surface area contributed by atoms with E-state index in [1.165, 1.54) is 0 Å². The highest BCUT2D eigenvalue weighted by atomic mass is 16.3. The van der Waals surface area contributed by atoms with Gasteiger partial charge in [0.15, 0.2) is 0 Å². The maximum Gasteiger partial charge on any atom is 0.239 e. The van der Waals surface area contributed by atoms with E-state index in [0.29, 0.717) is 13.0 Å². The fourth-order valence-electron chi connectivity index (χ4n) is 1.24. The third-order valence-corrected chi connectivity index (χ3v) is 2.55. The SMILES string of the molecule is CCC(=O)NCC(=O)NCCCC(C)(C)CO. The predicted octanol–water partition coefficient (Wildman–Crippen LogP) is 0.428. The molecule has 3 N–H and O–H groups in total. The van der Waals surface area contributed by atoms with Crippen LogP contribution < -0.4 is 10.6 Å². The van der Waals surface area contributed by atoms with Crippen molar-refractivity contribution in [2.45, 2.75) is 40.0 Å². The van der Waals surface area contributed by atoms with Gasteiger partial charge < -0.3 is 15.7 Å². The Balaban J connectivity index is 3.55. The molecule has 0 rings (SSSR count). The lowest BCUT2D eigenvalue weighted by molar-refractivity contribution is -0.125. The summed E-state index contributed by atoms with van der Waals surface area (Å²) in [5.41, 5.74) is -0.0961. The largest absolute Gasteiger partial charge is 0.396 e. The first kappa shape index (κ1) is 15.9. The minimum Gasteiger partial charge on any atom is -0.396 e. The zero-order valence-corrected chi connectivity index (χ0v) is 11.0. The van der Waals surface area contributed by atoms with Crippen molar-refractivity contribution in [1.82, 2.24) is 10.6 Å². The van der Waals surface area contributed by atoms with Crippen LogP contribution in [0.15, 0.2) is 0 Å². The standard InChI is InChI=1S/C12H24N2O3/c1-4-10(16)14-8-11(17)13-7-5-6-12(2,3)9-15/h15H,4-9H2,1-3H3,(H,13,17)(H,14,16). The Morgan fingerprint density at radius 2 is 1.82 bits per heavy atom. The summed E-state index contributed by atoms with van der Waals surface area (Å²) in [6.07, 6.45) is 2.06. The minimum atomic E-state index is -0.173. The first-order valence-electron chi connectivity index (χ1n) is 6.05. The molecule has 0 saturated carbocycles. The second-order valence-electron chi connectivity index (χ2n) is 4.91. The Bertz CT molecular complexity index is 252. The van der Waals surface area contributed by atoms with Crippen LogP contribution in [0.1, 0.15) is 40.0 Å². The van der Waals surface area contributed by atoms with E-state index in [2.05, 4.69) is 10.6 Å². The van der Waals surface area contributed by atoms with Gasteiger partial charge in [-0.25, -0.2) is 0 Å². The number of nitrogens with one attached hydrogen (secondary N) is 2. The molecule has 5 heteroatoms. The second kappa shape index (κ2) is 8.06. The summed E-state index contributed by atoms with van der Waals surface area (Å²) < 4.78 is 0. The first-order valence-corrected chi connectivity index (χ1v) is 6.05. The van der Waals surface area contributed by atoms with Gasteiger partial charge in [-0.05, 0) is 18.3 Å². The molecular formula is C12H24N2O3. The van der Waals surface area contributed by atoms with Crippen molar-refractivity contribution in [2.24, 2.45) is 5.41 Å². The maximum absolute atomic E-state index is 11.3. The van der Waals surface area contributed by atoms with Gasteiger partial charge in [0.1, 0.15) is 0 Å². The molecule has 0 aromatic rings. The van der Waals surface area contributed by atoms with Crippen LogP contribution in [-0.2, 0) is 9.59 Å². The van der Waals surface area contributed by atoms with Crippen LogP contribution in [0.3, 0.4) is 0 Å². The molecule has 0 fully saturated rings. The molecule has 0 heterocycles. The third-order valence-electron chi connectivity index (χ3n) is 2.55. The highest BCUT2D eigenvalue weighted by Crippen LogP contribution is 2.20. The van der Waals surface area contributed by atoms with Crippen molar-refractivity contribution >= 4 is 11.8 Å². The second-order valence-corrected chi connectivity index (χ2v) is 4.91. The Morgan fingerprint density at radius 3 is 2.35 bits per heavy atom. The van der Waals surface area contributed by atoms with E-state index in [9.17, 15) is 9.59 Å². The van der Waals surface area contributed by atoms with E-state index in [1.807, 2.05) is 13.8 Å². The van der Waals surface area contributed by atoms with Gasteiger partial charge >= 0.3 is 0 Å². The molecule has 5 nitrogen and oxygen atoms in total. The van der Waals surface area contributed by atoms with Gasteiger partial charge in [0.2, 0.25) is 11.8 Å². The summed E-state index contributed by atoms with van der Waals surface area (Å²) in [4.78, 5) is 22.2. The Morgan fingerprint density at radius 1 is 1.18 bits per heavy atom. The fourth-order valence-corrected chi connectivity index (χ4v) is 1.24. The molecule has 0 aromatic heterocycles. The molecular weight excluding hydrogens is 220 g/mol. The molecule has 17 heavy (non-hydrogen) atoms. The molecule has 0 radical (unpaired) electrons. The van der Waals surface area contributed by atoms with Crippen LogP contribution in [0.25, 0.3) is 0 Å². The lowest BCUT2D eigenvalue weighted by atomic mass is 9.89. The number of rotatable bonds is 8. The van der Waals surface area contributed by atoms with Crippen LogP contribution in [0.5, 0.6) is 0 Å². The molecule has 0 unspecified atom stereocenters. The zero-order valence-electron chi connectivity index (χ0n) is 11.0. The van der Waals surface area contributed by atoms with E-state index in [1.54, 1.807) is 6.92 Å². The van der Waals surface area contributed by atoms with Crippen molar-refractivity contribution < 1.29 is 14.7 Å². The van der Waals surface area contributed by atoms with Gasteiger partial charge in [-0.3, -0.25) is 9.59 Å². The molecule has 0 aliphatic heterocycles. The normalized spacial score (nSPS) is 11.1. The van der Waals surface area contributed by atoms with E-state index < -0.39 is 0 Å². The van der Waals surface area contributed by atoms with E-state index in [4.69, 9.17) is 5.11 Å². The number of hydrogen-bond acceptors (Lipinski definition) is 3. The molecule has 0 aliphatic carbocycles. The fraction of sp³-hybridized carbons (Fsp3) is 0.833. The molecule has 0 aliphatic rings. The maximum atomic E-state index is 11.3. The molecule has 0 atom stereocenters. The van der Waals surface area contributed by atoms with Gasteiger partial charge in [0.25, 0.3) is 0 Å². The number of aliphatic hydroxyl groups is 1. The quantitative estimate of drug-likeness (QED) is 0.542. The van der Waals surface area contributed by atoms with Crippen LogP contribution >= 0.6 is 0 Å². The first-order chi connectivity index (χ1) is 7.91. The van der Waals surface area contributed by atoms with Gasteiger partial charge in [-0.15, -0.1) is 0 Å². The van der Waals surface area contributed by atoms with E-state index in [0.717, 1.165) is 12.8 Å². The number of carbonyl (C=O) groups is 2. The Labute approximate surface area is 103 Å². The monoisotopic (exact) mass is 244 g/mol. The van der Waals surface area contributed by atoms with Crippen LogP contribution in [0.2, 0.25) is 0 Å². The van der Waals surface area contributed by atoms with Crippen molar-refractivity contribution in [1.29, 1.82) is 0 Å². The highest BCUT2D eigenvalue weighted by molar-refractivity contribution is 5.84. The molecule has 2 amide bonds. The lowest BCUT2D eigenvalue weighted by Gasteiger charge is -2.21. The van der Waals surface area contributed by atoms with E-state index in [-0.39, 0.29) is 30.4 Å². The summed E-state index contributed by atoms with van der Waals surface area (Å²) in [6.45, 7) is 6.46. The smallest absolute Gasteiger partial charge is 0.239 e. The summed E-state index contributed by atoms with van der Waals surface area (Å²) >= 11 is 0. The highest BCUT2D eigenvalue weighted by Gasteiger charge is 2.15. The van der Waals surface area contributed by atoms with Crippen LogP contribution in [0.4, 0.5) is 0 Å². The predicted molar refractivity (Wildman–Crippen MR) is 66.4 cm³/mol. The van der Waals surface area contributed by atoms with Gasteiger partial charge in [-0.2, -0.15) is 0 Å². The molecule has 100 valence electrons. The number of aliphatic hydroxyl groups excluding tert-OH is 1. The molecule has 0 bridgehead atoms. The summed E-state index contributed by atoms with van der Waals surface area (Å²) in [5.74, 6) is -0.296.